The number of para-hydroxylation sites is 1. The average Bonchev–Trinajstić information content (AvgIpc) is 2.78. The van der Waals surface area contributed by atoms with E-state index in [1.807, 2.05) is 35.2 Å². The Bertz CT molecular complexity index is 1330. The molecular weight excluding hydrogens is 366 g/mol. The second kappa shape index (κ2) is 7.04. The summed E-state index contributed by atoms with van der Waals surface area (Å²) in [5.41, 5.74) is 3.47. The molecule has 0 atom stereocenters. The number of hydrogen-bond acceptors (Lipinski definition) is 6. The maximum Gasteiger partial charge on any atom is 0.200 e. The molecule has 2 aromatic carbocycles. The van der Waals surface area contributed by atoms with Crippen molar-refractivity contribution < 1.29 is 9.15 Å². The van der Waals surface area contributed by atoms with E-state index in [4.69, 9.17) is 9.15 Å². The molecule has 0 amide bonds. The molecule has 0 bridgehead atoms. The van der Waals surface area contributed by atoms with Crippen LogP contribution in [0.4, 0.5) is 5.88 Å². The minimum absolute atomic E-state index is 0.0743. The van der Waals surface area contributed by atoms with Crippen LogP contribution >= 0.6 is 0 Å². The molecule has 0 aliphatic carbocycles. The Morgan fingerprint density at radius 3 is 2.72 bits per heavy atom. The Balaban J connectivity index is 1.73. The van der Waals surface area contributed by atoms with Crippen molar-refractivity contribution in [3.63, 3.8) is 0 Å². The van der Waals surface area contributed by atoms with Gasteiger partial charge < -0.3 is 14.1 Å². The normalized spacial score (nSPS) is 14.2. The van der Waals surface area contributed by atoms with Gasteiger partial charge in [-0.2, -0.15) is 5.26 Å². The van der Waals surface area contributed by atoms with E-state index in [1.165, 1.54) is 0 Å². The highest BCUT2D eigenvalue weighted by Gasteiger charge is 2.17. The second-order valence-electron chi connectivity index (χ2n) is 6.93. The smallest absolute Gasteiger partial charge is 0.200 e. The number of anilines is 1. The number of aromatic nitrogens is 1. The molecule has 1 saturated heterocycles. The Labute approximate surface area is 166 Å². The standard InChI is InChI=1S/C23H17N3O3/c24-14-16-6-7-25-20-5-4-15(12-19(16)20)17-2-1-3-18-21(27)13-22(29-23(17)18)26-8-10-28-11-9-26/h1-7,12-13H,8-11H2. The Morgan fingerprint density at radius 2 is 1.90 bits per heavy atom. The number of fused-ring (bicyclic) bond motifs is 2. The largest absolute Gasteiger partial charge is 0.440 e. The highest BCUT2D eigenvalue weighted by molar-refractivity contribution is 5.96. The van der Waals surface area contributed by atoms with Crippen LogP contribution in [0.25, 0.3) is 33.0 Å². The second-order valence-corrected chi connectivity index (χ2v) is 6.93. The van der Waals surface area contributed by atoms with Gasteiger partial charge in [0.15, 0.2) is 11.3 Å². The summed E-state index contributed by atoms with van der Waals surface area (Å²) in [6.45, 7) is 2.59. The van der Waals surface area contributed by atoms with Crippen molar-refractivity contribution in [3.05, 3.63) is 70.5 Å². The molecule has 0 saturated carbocycles. The van der Waals surface area contributed by atoms with Crippen LogP contribution in [0.3, 0.4) is 0 Å². The van der Waals surface area contributed by atoms with Crippen LogP contribution in [0.5, 0.6) is 0 Å². The van der Waals surface area contributed by atoms with Crippen LogP contribution in [-0.4, -0.2) is 31.3 Å². The molecular formula is C23H17N3O3. The van der Waals surface area contributed by atoms with Gasteiger partial charge in [0.2, 0.25) is 0 Å². The minimum Gasteiger partial charge on any atom is -0.440 e. The monoisotopic (exact) mass is 383 g/mol. The SMILES string of the molecule is N#Cc1ccnc2ccc(-c3cccc4c(=O)cc(N5CCOCC5)oc34)cc12. The van der Waals surface area contributed by atoms with Crippen molar-refractivity contribution in [1.82, 2.24) is 4.98 Å². The van der Waals surface area contributed by atoms with Gasteiger partial charge in [0.25, 0.3) is 0 Å². The first-order valence-electron chi connectivity index (χ1n) is 9.43. The first-order valence-corrected chi connectivity index (χ1v) is 9.43. The molecule has 0 spiro atoms. The van der Waals surface area contributed by atoms with Crippen molar-refractivity contribution in [3.8, 4) is 17.2 Å². The summed E-state index contributed by atoms with van der Waals surface area (Å²) in [5.74, 6) is 0.554. The summed E-state index contributed by atoms with van der Waals surface area (Å²) in [7, 11) is 0. The molecule has 2 aromatic heterocycles. The zero-order valence-electron chi connectivity index (χ0n) is 15.6. The van der Waals surface area contributed by atoms with Crippen molar-refractivity contribution in [1.29, 1.82) is 5.26 Å². The van der Waals surface area contributed by atoms with Crippen LogP contribution in [0, 0.1) is 11.3 Å². The predicted octanol–water partition coefficient (Wildman–Crippen LogP) is 3.72. The van der Waals surface area contributed by atoms with E-state index < -0.39 is 0 Å². The number of nitrogens with zero attached hydrogens (tertiary/aromatic N) is 3. The van der Waals surface area contributed by atoms with Crippen molar-refractivity contribution >= 4 is 27.8 Å². The molecule has 6 heteroatoms. The van der Waals surface area contributed by atoms with Gasteiger partial charge in [-0.25, -0.2) is 0 Å². The molecule has 142 valence electrons. The van der Waals surface area contributed by atoms with E-state index >= 15 is 0 Å². The summed E-state index contributed by atoms with van der Waals surface area (Å²) in [6.07, 6.45) is 1.63. The predicted molar refractivity (Wildman–Crippen MR) is 111 cm³/mol. The third-order valence-electron chi connectivity index (χ3n) is 5.24. The lowest BCUT2D eigenvalue weighted by atomic mass is 9.99. The first kappa shape index (κ1) is 17.4. The summed E-state index contributed by atoms with van der Waals surface area (Å²) >= 11 is 0. The molecule has 0 N–H and O–H groups in total. The number of ether oxygens (including phenoxy) is 1. The molecule has 0 radical (unpaired) electrons. The van der Waals surface area contributed by atoms with Crippen molar-refractivity contribution in [2.45, 2.75) is 0 Å². The third-order valence-corrected chi connectivity index (χ3v) is 5.24. The molecule has 1 aliphatic rings. The van der Waals surface area contributed by atoms with Gasteiger partial charge in [0, 0.05) is 36.3 Å². The summed E-state index contributed by atoms with van der Waals surface area (Å²) in [6, 6.07) is 16.8. The third kappa shape index (κ3) is 3.02. The number of benzene rings is 2. The molecule has 5 rings (SSSR count). The van der Waals surface area contributed by atoms with E-state index in [0.29, 0.717) is 48.7 Å². The lowest BCUT2D eigenvalue weighted by Gasteiger charge is -2.27. The Hall–Kier alpha value is -3.69. The van der Waals surface area contributed by atoms with E-state index in [1.54, 1.807) is 24.4 Å². The molecule has 6 nitrogen and oxygen atoms in total. The first-order chi connectivity index (χ1) is 14.2. The fourth-order valence-electron chi connectivity index (χ4n) is 3.74. The van der Waals surface area contributed by atoms with Gasteiger partial charge in [-0.1, -0.05) is 18.2 Å². The van der Waals surface area contributed by atoms with Crippen LogP contribution in [-0.2, 0) is 4.74 Å². The number of rotatable bonds is 2. The van der Waals surface area contributed by atoms with Crippen molar-refractivity contribution in [2.24, 2.45) is 0 Å². The molecule has 3 heterocycles. The summed E-state index contributed by atoms with van der Waals surface area (Å²) in [4.78, 5) is 19.1. The number of pyridine rings is 1. The van der Waals surface area contributed by atoms with Gasteiger partial charge in [0.1, 0.15) is 5.58 Å². The fraction of sp³-hybridized carbons (Fsp3) is 0.174. The lowest BCUT2D eigenvalue weighted by Crippen LogP contribution is -2.36. The van der Waals surface area contributed by atoms with Gasteiger partial charge in [-0.3, -0.25) is 9.78 Å². The van der Waals surface area contributed by atoms with Gasteiger partial charge in [0.05, 0.1) is 35.7 Å². The van der Waals surface area contributed by atoms with E-state index in [9.17, 15) is 10.1 Å². The highest BCUT2D eigenvalue weighted by atomic mass is 16.5. The molecule has 1 fully saturated rings. The molecule has 4 aromatic rings. The summed E-state index contributed by atoms with van der Waals surface area (Å²) < 4.78 is 11.6. The molecule has 0 unspecified atom stereocenters. The Kier molecular flexibility index (Phi) is 4.23. The lowest BCUT2D eigenvalue weighted by molar-refractivity contribution is 0.121. The summed E-state index contributed by atoms with van der Waals surface area (Å²) in [5, 5.41) is 10.7. The van der Waals surface area contributed by atoms with Gasteiger partial charge >= 0.3 is 0 Å². The Morgan fingerprint density at radius 1 is 1.03 bits per heavy atom. The van der Waals surface area contributed by atoms with Gasteiger partial charge in [-0.15, -0.1) is 0 Å². The quantitative estimate of drug-likeness (QED) is 0.525. The zero-order chi connectivity index (χ0) is 19.8. The zero-order valence-corrected chi connectivity index (χ0v) is 15.6. The maximum atomic E-state index is 12.8. The van der Waals surface area contributed by atoms with Crippen molar-refractivity contribution in [2.75, 3.05) is 31.2 Å². The number of nitriles is 1. The molecule has 1 aliphatic heterocycles. The van der Waals surface area contributed by atoms with E-state index in [-0.39, 0.29) is 5.43 Å². The fourth-order valence-corrected chi connectivity index (χ4v) is 3.74. The minimum atomic E-state index is -0.0743. The maximum absolute atomic E-state index is 12.8. The molecule has 29 heavy (non-hydrogen) atoms. The topological polar surface area (TPSA) is 79.4 Å². The average molecular weight is 383 g/mol. The van der Waals surface area contributed by atoms with E-state index in [2.05, 4.69) is 11.1 Å². The van der Waals surface area contributed by atoms with Crippen LogP contribution < -0.4 is 10.3 Å². The number of morpholine rings is 1. The highest BCUT2D eigenvalue weighted by Crippen LogP contribution is 2.32. The van der Waals surface area contributed by atoms with E-state index in [0.717, 1.165) is 22.0 Å². The van der Waals surface area contributed by atoms with Crippen LogP contribution in [0.15, 0.2) is 63.9 Å². The van der Waals surface area contributed by atoms with Gasteiger partial charge in [-0.05, 0) is 29.8 Å². The van der Waals surface area contributed by atoms with Crippen LogP contribution in [0.1, 0.15) is 5.56 Å². The number of hydrogen-bond donors (Lipinski definition) is 0. The van der Waals surface area contributed by atoms with Crippen LogP contribution in [0.2, 0.25) is 0 Å².